The summed E-state index contributed by atoms with van der Waals surface area (Å²) in [5.74, 6) is 0.983. The molecule has 3 N–H and O–H groups in total. The van der Waals surface area contributed by atoms with Crippen molar-refractivity contribution in [3.05, 3.63) is 52.5 Å². The van der Waals surface area contributed by atoms with E-state index in [4.69, 9.17) is 10.7 Å². The topological polar surface area (TPSA) is 59.6 Å². The quantitative estimate of drug-likeness (QED) is 0.477. The summed E-state index contributed by atoms with van der Waals surface area (Å²) < 4.78 is 3.26. The van der Waals surface area contributed by atoms with Crippen LogP contribution in [0.4, 0.5) is 0 Å². The number of benzene rings is 2. The maximum Gasteiger partial charge on any atom is 0.157 e. The van der Waals surface area contributed by atoms with Crippen LogP contribution in [0.25, 0.3) is 33.5 Å². The summed E-state index contributed by atoms with van der Waals surface area (Å²) >= 11 is 3.60. The Morgan fingerprint density at radius 2 is 2.00 bits per heavy atom. The minimum Gasteiger partial charge on any atom is -0.352 e. The van der Waals surface area contributed by atoms with Gasteiger partial charge in [-0.25, -0.2) is 4.98 Å². The molecule has 2 aromatic carbocycles. The maximum atomic E-state index is 5.70. The second-order valence-corrected chi connectivity index (χ2v) is 7.31. The van der Waals surface area contributed by atoms with E-state index in [0.29, 0.717) is 0 Å². The molecule has 4 nitrogen and oxygen atoms in total. The van der Waals surface area contributed by atoms with E-state index in [-0.39, 0.29) is 0 Å². The Morgan fingerprint density at radius 3 is 2.80 bits per heavy atom. The molecule has 0 radical (unpaired) electrons. The summed E-state index contributed by atoms with van der Waals surface area (Å²) in [6, 6.07) is 14.6. The van der Waals surface area contributed by atoms with Crippen LogP contribution in [0.1, 0.15) is 18.4 Å². The maximum absolute atomic E-state index is 5.70. The molecule has 0 bridgehead atoms. The van der Waals surface area contributed by atoms with Crippen molar-refractivity contribution in [2.75, 3.05) is 6.54 Å². The van der Waals surface area contributed by atoms with Crippen LogP contribution in [0, 0.1) is 0 Å². The van der Waals surface area contributed by atoms with Gasteiger partial charge >= 0.3 is 0 Å². The standard InChI is InChI=1S/C20H21BrN4/c1-25-18-8-3-2-7-17(18)24-20(25)19-14(6-4-5-11-22)15-12-13(21)9-10-16(15)23-19/h2-3,7-10,12,23H,4-6,11,22H2,1H3. The molecule has 0 spiro atoms. The predicted molar refractivity (Wildman–Crippen MR) is 108 cm³/mol. The van der Waals surface area contributed by atoms with Crippen molar-refractivity contribution in [3.63, 3.8) is 0 Å². The molecular weight excluding hydrogens is 376 g/mol. The predicted octanol–water partition coefficient (Wildman–Crippen LogP) is 4.77. The van der Waals surface area contributed by atoms with Gasteiger partial charge in [0.15, 0.2) is 5.82 Å². The highest BCUT2D eigenvalue weighted by molar-refractivity contribution is 9.10. The lowest BCUT2D eigenvalue weighted by Crippen LogP contribution is -2.00. The van der Waals surface area contributed by atoms with Gasteiger partial charge in [-0.05, 0) is 61.7 Å². The fourth-order valence-electron chi connectivity index (χ4n) is 3.49. The summed E-state index contributed by atoms with van der Waals surface area (Å²) in [6.45, 7) is 0.730. The lowest BCUT2D eigenvalue weighted by atomic mass is 10.0. The lowest BCUT2D eigenvalue weighted by molar-refractivity contribution is 0.747. The third kappa shape index (κ3) is 2.87. The van der Waals surface area contributed by atoms with E-state index in [0.717, 1.165) is 58.3 Å². The van der Waals surface area contributed by atoms with Crippen LogP contribution >= 0.6 is 15.9 Å². The molecule has 0 amide bonds. The number of imidazole rings is 1. The number of nitrogens with zero attached hydrogens (tertiary/aromatic N) is 2. The zero-order valence-electron chi connectivity index (χ0n) is 14.2. The van der Waals surface area contributed by atoms with E-state index in [1.54, 1.807) is 0 Å². The highest BCUT2D eigenvalue weighted by Gasteiger charge is 2.18. The summed E-state index contributed by atoms with van der Waals surface area (Å²) in [4.78, 5) is 8.49. The highest BCUT2D eigenvalue weighted by atomic mass is 79.9. The first-order valence-electron chi connectivity index (χ1n) is 8.61. The highest BCUT2D eigenvalue weighted by Crippen LogP contribution is 2.34. The lowest BCUT2D eigenvalue weighted by Gasteiger charge is -2.06. The number of aromatic amines is 1. The van der Waals surface area contributed by atoms with Crippen LogP contribution < -0.4 is 5.73 Å². The van der Waals surface area contributed by atoms with Gasteiger partial charge in [0.05, 0.1) is 16.7 Å². The Kier molecular flexibility index (Phi) is 4.36. The Bertz CT molecular complexity index is 1040. The van der Waals surface area contributed by atoms with Crippen molar-refractivity contribution in [2.24, 2.45) is 12.8 Å². The molecule has 5 heteroatoms. The van der Waals surface area contributed by atoms with Gasteiger partial charge in [-0.1, -0.05) is 28.1 Å². The monoisotopic (exact) mass is 396 g/mol. The fraction of sp³-hybridized carbons (Fsp3) is 0.250. The van der Waals surface area contributed by atoms with Crippen molar-refractivity contribution < 1.29 is 0 Å². The second-order valence-electron chi connectivity index (χ2n) is 6.40. The normalized spacial score (nSPS) is 11.6. The molecule has 4 aromatic rings. The van der Waals surface area contributed by atoms with Crippen LogP contribution in [0.2, 0.25) is 0 Å². The van der Waals surface area contributed by atoms with Gasteiger partial charge in [0.25, 0.3) is 0 Å². The number of nitrogens with one attached hydrogen (secondary N) is 1. The number of aromatic nitrogens is 3. The Labute approximate surface area is 155 Å². The third-order valence-electron chi connectivity index (χ3n) is 4.76. The summed E-state index contributed by atoms with van der Waals surface area (Å²) in [6.07, 6.45) is 3.10. The molecule has 0 aliphatic carbocycles. The van der Waals surface area contributed by atoms with Crippen molar-refractivity contribution in [2.45, 2.75) is 19.3 Å². The zero-order chi connectivity index (χ0) is 17.4. The first-order valence-corrected chi connectivity index (χ1v) is 9.40. The van der Waals surface area contributed by atoms with Gasteiger partial charge in [-0.3, -0.25) is 0 Å². The van der Waals surface area contributed by atoms with E-state index in [9.17, 15) is 0 Å². The smallest absolute Gasteiger partial charge is 0.157 e. The minimum atomic E-state index is 0.730. The molecule has 2 heterocycles. The fourth-order valence-corrected chi connectivity index (χ4v) is 3.85. The van der Waals surface area contributed by atoms with Crippen molar-refractivity contribution in [1.29, 1.82) is 0 Å². The number of halogens is 1. The van der Waals surface area contributed by atoms with E-state index in [1.165, 1.54) is 10.9 Å². The number of H-pyrrole nitrogens is 1. The molecule has 2 aromatic heterocycles. The van der Waals surface area contributed by atoms with Gasteiger partial charge < -0.3 is 15.3 Å². The molecular formula is C20H21BrN4. The average molecular weight is 397 g/mol. The van der Waals surface area contributed by atoms with Gasteiger partial charge in [0.2, 0.25) is 0 Å². The molecule has 4 rings (SSSR count). The summed E-state index contributed by atoms with van der Waals surface area (Å²) in [5, 5.41) is 1.26. The SMILES string of the molecule is Cn1c(-c2[nH]c3ccc(Br)cc3c2CCCCN)nc2ccccc21. The van der Waals surface area contributed by atoms with Crippen molar-refractivity contribution in [1.82, 2.24) is 14.5 Å². The van der Waals surface area contributed by atoms with Crippen LogP contribution in [0.3, 0.4) is 0 Å². The van der Waals surface area contributed by atoms with E-state index >= 15 is 0 Å². The van der Waals surface area contributed by atoms with Gasteiger partial charge in [0, 0.05) is 22.4 Å². The second kappa shape index (κ2) is 6.65. The molecule has 0 saturated carbocycles. The number of unbranched alkanes of at least 4 members (excludes halogenated alkanes) is 1. The zero-order valence-corrected chi connectivity index (χ0v) is 15.8. The summed E-state index contributed by atoms with van der Waals surface area (Å²) in [5.41, 5.74) is 11.4. The molecule has 0 fully saturated rings. The number of hydrogen-bond donors (Lipinski definition) is 2. The molecule has 0 saturated heterocycles. The van der Waals surface area contributed by atoms with Crippen molar-refractivity contribution >= 4 is 37.9 Å². The minimum absolute atomic E-state index is 0.730. The van der Waals surface area contributed by atoms with E-state index < -0.39 is 0 Å². The number of nitrogens with two attached hydrogens (primary N) is 1. The Hall–Kier alpha value is -2.11. The number of fused-ring (bicyclic) bond motifs is 2. The van der Waals surface area contributed by atoms with Gasteiger partial charge in [-0.2, -0.15) is 0 Å². The number of rotatable bonds is 5. The molecule has 0 unspecified atom stereocenters. The van der Waals surface area contributed by atoms with Crippen LogP contribution in [0.15, 0.2) is 46.9 Å². The first-order chi connectivity index (χ1) is 12.2. The molecule has 128 valence electrons. The number of aryl methyl sites for hydroxylation is 2. The molecule has 0 atom stereocenters. The first kappa shape index (κ1) is 16.4. The molecule has 0 aliphatic rings. The number of para-hydroxylation sites is 2. The molecule has 0 aliphatic heterocycles. The third-order valence-corrected chi connectivity index (χ3v) is 5.25. The van der Waals surface area contributed by atoms with Gasteiger partial charge in [0.1, 0.15) is 0 Å². The van der Waals surface area contributed by atoms with Crippen LogP contribution in [-0.4, -0.2) is 21.1 Å². The van der Waals surface area contributed by atoms with E-state index in [2.05, 4.69) is 68.9 Å². The summed E-state index contributed by atoms with van der Waals surface area (Å²) in [7, 11) is 2.08. The van der Waals surface area contributed by atoms with Crippen molar-refractivity contribution in [3.8, 4) is 11.5 Å². The van der Waals surface area contributed by atoms with E-state index in [1.807, 2.05) is 6.07 Å². The number of hydrogen-bond acceptors (Lipinski definition) is 2. The van der Waals surface area contributed by atoms with Crippen LogP contribution in [-0.2, 0) is 13.5 Å². The Morgan fingerprint density at radius 1 is 1.16 bits per heavy atom. The largest absolute Gasteiger partial charge is 0.352 e. The Balaban J connectivity index is 1.92. The molecule has 25 heavy (non-hydrogen) atoms. The van der Waals surface area contributed by atoms with Crippen LogP contribution in [0.5, 0.6) is 0 Å². The van der Waals surface area contributed by atoms with Gasteiger partial charge in [-0.15, -0.1) is 0 Å². The average Bonchev–Trinajstić information content (AvgIpc) is 3.13.